The van der Waals surface area contributed by atoms with Gasteiger partial charge in [0.25, 0.3) is 5.56 Å². The molecule has 36 heavy (non-hydrogen) atoms. The van der Waals surface area contributed by atoms with Crippen LogP contribution in [0.1, 0.15) is 63.8 Å². The summed E-state index contributed by atoms with van der Waals surface area (Å²) < 4.78 is 2.02. The van der Waals surface area contributed by atoms with Crippen molar-refractivity contribution in [3.8, 4) is 0 Å². The molecule has 0 spiro atoms. The Hall–Kier alpha value is -2.45. The number of piperidine rings is 1. The summed E-state index contributed by atoms with van der Waals surface area (Å²) >= 11 is 0. The Bertz CT molecular complexity index is 1150. The lowest BCUT2D eigenvalue weighted by Gasteiger charge is -2.46. The van der Waals surface area contributed by atoms with Crippen LogP contribution < -0.4 is 21.5 Å². The average Bonchev–Trinajstić information content (AvgIpc) is 3.47. The maximum Gasteiger partial charge on any atom is 0.294 e. The van der Waals surface area contributed by atoms with Crippen LogP contribution in [0.5, 0.6) is 0 Å². The van der Waals surface area contributed by atoms with Gasteiger partial charge in [-0.15, -0.1) is 0 Å². The first-order valence-electron chi connectivity index (χ1n) is 14.1. The van der Waals surface area contributed by atoms with Gasteiger partial charge in [0.05, 0.1) is 11.0 Å². The van der Waals surface area contributed by atoms with E-state index in [4.69, 9.17) is 10.7 Å². The summed E-state index contributed by atoms with van der Waals surface area (Å²) in [6.07, 6.45) is 9.16. The highest BCUT2D eigenvalue weighted by Gasteiger charge is 2.44. The Kier molecular flexibility index (Phi) is 6.50. The standard InChI is InChI=1S/C28H40N6O2/c29-27(36)28(12-6-2-1-3-7-13-28)33-14-10-22(11-15-33)34-24-9-5-4-8-23(24)31-25(26(34)35)32-18-20-16-30-17-21(20)19-32/h4-5,8-9,20-22,30H,1-3,6-7,10-19H2,(H2,29,36). The summed E-state index contributed by atoms with van der Waals surface area (Å²) in [5, 5.41) is 3.49. The Labute approximate surface area is 213 Å². The summed E-state index contributed by atoms with van der Waals surface area (Å²) in [6.45, 7) is 5.46. The van der Waals surface area contributed by atoms with Crippen molar-refractivity contribution >= 4 is 22.8 Å². The second kappa shape index (κ2) is 9.78. The van der Waals surface area contributed by atoms with E-state index in [9.17, 15) is 9.59 Å². The fourth-order valence-corrected chi connectivity index (χ4v) is 7.50. The van der Waals surface area contributed by atoms with Crippen molar-refractivity contribution in [2.45, 2.75) is 69.4 Å². The lowest BCUT2D eigenvalue weighted by molar-refractivity contribution is -0.133. The Morgan fingerprint density at radius 3 is 2.28 bits per heavy atom. The maximum absolute atomic E-state index is 14.0. The van der Waals surface area contributed by atoms with Crippen LogP contribution in [0.15, 0.2) is 29.1 Å². The first kappa shape index (κ1) is 23.9. The molecule has 1 aliphatic carbocycles. The highest BCUT2D eigenvalue weighted by molar-refractivity contribution is 5.84. The van der Waals surface area contributed by atoms with Crippen LogP contribution in [0.25, 0.3) is 11.0 Å². The monoisotopic (exact) mass is 492 g/mol. The van der Waals surface area contributed by atoms with Gasteiger partial charge in [0, 0.05) is 45.3 Å². The number of para-hydroxylation sites is 2. The van der Waals surface area contributed by atoms with Crippen molar-refractivity contribution in [3.63, 3.8) is 0 Å². The molecule has 194 valence electrons. The van der Waals surface area contributed by atoms with E-state index in [2.05, 4.69) is 15.1 Å². The predicted octanol–water partition coefficient (Wildman–Crippen LogP) is 2.66. The molecule has 4 heterocycles. The number of nitrogens with one attached hydrogen (secondary N) is 1. The molecule has 1 aromatic heterocycles. The molecular formula is C28H40N6O2. The van der Waals surface area contributed by atoms with Gasteiger partial charge in [-0.2, -0.15) is 0 Å². The third-order valence-corrected chi connectivity index (χ3v) is 9.54. The van der Waals surface area contributed by atoms with E-state index < -0.39 is 5.54 Å². The van der Waals surface area contributed by atoms with Crippen molar-refractivity contribution in [1.82, 2.24) is 19.8 Å². The van der Waals surface area contributed by atoms with E-state index >= 15 is 0 Å². The van der Waals surface area contributed by atoms with Gasteiger partial charge in [0.15, 0.2) is 5.82 Å². The summed E-state index contributed by atoms with van der Waals surface area (Å²) in [5.41, 5.74) is 7.39. The number of rotatable bonds is 4. The minimum absolute atomic E-state index is 0.0376. The minimum atomic E-state index is -0.525. The van der Waals surface area contributed by atoms with Gasteiger partial charge in [-0.3, -0.25) is 14.5 Å². The molecule has 3 N–H and O–H groups in total. The molecule has 8 heteroatoms. The summed E-state index contributed by atoms with van der Waals surface area (Å²) in [4.78, 5) is 36.3. The molecule has 8 nitrogen and oxygen atoms in total. The molecule has 1 aromatic carbocycles. The normalized spacial score (nSPS) is 27.6. The predicted molar refractivity (Wildman–Crippen MR) is 142 cm³/mol. The molecule has 2 aromatic rings. The highest BCUT2D eigenvalue weighted by atomic mass is 16.2. The fourth-order valence-electron chi connectivity index (χ4n) is 7.50. The second-order valence-electron chi connectivity index (χ2n) is 11.6. The van der Waals surface area contributed by atoms with Crippen molar-refractivity contribution in [2.24, 2.45) is 17.6 Å². The lowest BCUT2D eigenvalue weighted by Crippen LogP contribution is -2.60. The van der Waals surface area contributed by atoms with Crippen LogP contribution >= 0.6 is 0 Å². The van der Waals surface area contributed by atoms with Crippen LogP contribution in [-0.2, 0) is 4.79 Å². The minimum Gasteiger partial charge on any atom is -0.368 e. The molecule has 2 unspecified atom stereocenters. The second-order valence-corrected chi connectivity index (χ2v) is 11.6. The zero-order chi connectivity index (χ0) is 24.7. The van der Waals surface area contributed by atoms with Crippen molar-refractivity contribution in [3.05, 3.63) is 34.6 Å². The van der Waals surface area contributed by atoms with Gasteiger partial charge >= 0.3 is 0 Å². The van der Waals surface area contributed by atoms with E-state index in [1.54, 1.807) is 0 Å². The van der Waals surface area contributed by atoms with Gasteiger partial charge in [0.2, 0.25) is 5.91 Å². The number of anilines is 1. The maximum atomic E-state index is 14.0. The van der Waals surface area contributed by atoms with Crippen molar-refractivity contribution < 1.29 is 4.79 Å². The Morgan fingerprint density at radius 1 is 0.972 bits per heavy atom. The lowest BCUT2D eigenvalue weighted by atomic mass is 9.80. The molecule has 6 rings (SSSR count). The first-order valence-corrected chi connectivity index (χ1v) is 14.1. The topological polar surface area (TPSA) is 96.5 Å². The molecule has 3 aliphatic heterocycles. The van der Waals surface area contributed by atoms with Crippen LogP contribution in [0.2, 0.25) is 0 Å². The number of amides is 1. The van der Waals surface area contributed by atoms with Gasteiger partial charge in [-0.1, -0.05) is 44.2 Å². The van der Waals surface area contributed by atoms with Gasteiger partial charge in [-0.25, -0.2) is 4.98 Å². The third kappa shape index (κ3) is 4.12. The number of hydrogen-bond donors (Lipinski definition) is 2. The zero-order valence-corrected chi connectivity index (χ0v) is 21.3. The number of likely N-dealkylation sites (tertiary alicyclic amines) is 1. The molecule has 0 radical (unpaired) electrons. The van der Waals surface area contributed by atoms with E-state index in [1.165, 1.54) is 19.3 Å². The van der Waals surface area contributed by atoms with Crippen molar-refractivity contribution in [1.29, 1.82) is 0 Å². The van der Waals surface area contributed by atoms with E-state index in [1.807, 2.05) is 28.8 Å². The van der Waals surface area contributed by atoms with Crippen molar-refractivity contribution in [2.75, 3.05) is 44.2 Å². The molecule has 3 saturated heterocycles. The highest BCUT2D eigenvalue weighted by Crippen LogP contribution is 2.37. The number of benzene rings is 1. The molecule has 4 aliphatic rings. The van der Waals surface area contributed by atoms with E-state index in [0.717, 1.165) is 88.8 Å². The molecule has 2 atom stereocenters. The van der Waals surface area contributed by atoms with Crippen LogP contribution in [0, 0.1) is 11.8 Å². The smallest absolute Gasteiger partial charge is 0.294 e. The molecular weight excluding hydrogens is 452 g/mol. The zero-order valence-electron chi connectivity index (χ0n) is 21.3. The number of nitrogens with zero attached hydrogens (tertiary/aromatic N) is 4. The van der Waals surface area contributed by atoms with Crippen LogP contribution in [0.3, 0.4) is 0 Å². The SMILES string of the molecule is NC(=O)C1(N2CCC(n3c(=O)c(N4CC5CNCC5C4)nc4ccccc43)CC2)CCCCCCC1. The Balaban J connectivity index is 1.29. The molecule has 4 fully saturated rings. The fraction of sp³-hybridized carbons (Fsp3) is 0.679. The number of carbonyl (C=O) groups excluding carboxylic acids is 1. The summed E-state index contributed by atoms with van der Waals surface area (Å²) in [5.74, 6) is 1.65. The molecule has 1 saturated carbocycles. The van der Waals surface area contributed by atoms with E-state index in [-0.39, 0.29) is 17.5 Å². The average molecular weight is 493 g/mol. The number of fused-ring (bicyclic) bond motifs is 2. The summed E-state index contributed by atoms with van der Waals surface area (Å²) in [7, 11) is 0. The number of aromatic nitrogens is 2. The number of carbonyl (C=O) groups is 1. The number of nitrogens with two attached hydrogens (primary N) is 1. The van der Waals surface area contributed by atoms with Crippen LogP contribution in [0.4, 0.5) is 5.82 Å². The quantitative estimate of drug-likeness (QED) is 0.681. The van der Waals surface area contributed by atoms with E-state index in [0.29, 0.717) is 17.7 Å². The third-order valence-electron chi connectivity index (χ3n) is 9.54. The largest absolute Gasteiger partial charge is 0.368 e. The molecule has 0 bridgehead atoms. The number of hydrogen-bond acceptors (Lipinski definition) is 6. The first-order chi connectivity index (χ1) is 17.6. The van der Waals surface area contributed by atoms with Gasteiger partial charge in [0.1, 0.15) is 5.54 Å². The van der Waals surface area contributed by atoms with Gasteiger partial charge < -0.3 is 20.5 Å². The summed E-state index contributed by atoms with van der Waals surface area (Å²) in [6, 6.07) is 8.16. The Morgan fingerprint density at radius 2 is 1.61 bits per heavy atom. The van der Waals surface area contributed by atoms with Gasteiger partial charge in [-0.05, 0) is 49.7 Å². The number of primary amides is 1. The molecule has 1 amide bonds. The van der Waals surface area contributed by atoms with Crippen LogP contribution in [-0.4, -0.2) is 65.2 Å².